The van der Waals surface area contributed by atoms with Crippen molar-refractivity contribution in [3.8, 4) is 0 Å². The zero-order chi connectivity index (χ0) is 13.3. The maximum atomic E-state index is 12.7. The Kier molecular flexibility index (Phi) is 3.31. The molecule has 1 amide bonds. The second kappa shape index (κ2) is 4.97. The normalized spacial score (nSPS) is 21.8. The predicted molar refractivity (Wildman–Crippen MR) is 75.9 cm³/mol. The molecule has 1 saturated carbocycles. The summed E-state index contributed by atoms with van der Waals surface area (Å²) in [6.07, 6.45) is 6.73. The van der Waals surface area contributed by atoms with E-state index in [1.54, 1.807) is 0 Å². The molecule has 0 radical (unpaired) electrons. The standard InChI is InChI=1S/C16H22N2O/c17-16(9-10-16)14-8-4-3-7-13(14)15(19)18-11-5-1-2-6-12-18/h3-4,7-8H,1-2,5-6,9-12,17H2. The zero-order valence-corrected chi connectivity index (χ0v) is 11.4. The van der Waals surface area contributed by atoms with Crippen molar-refractivity contribution in [1.29, 1.82) is 0 Å². The maximum absolute atomic E-state index is 12.7. The van der Waals surface area contributed by atoms with E-state index in [-0.39, 0.29) is 11.4 Å². The van der Waals surface area contributed by atoms with Crippen LogP contribution in [0.2, 0.25) is 0 Å². The van der Waals surface area contributed by atoms with Gasteiger partial charge in [-0.25, -0.2) is 0 Å². The average molecular weight is 258 g/mol. The number of hydrogen-bond acceptors (Lipinski definition) is 2. The Morgan fingerprint density at radius 2 is 1.68 bits per heavy atom. The fraction of sp³-hybridized carbons (Fsp3) is 0.562. The SMILES string of the molecule is NC1(c2ccccc2C(=O)N2CCCCCC2)CC1. The number of nitrogens with two attached hydrogens (primary N) is 1. The molecule has 2 fully saturated rings. The highest BCUT2D eigenvalue weighted by Gasteiger charge is 2.42. The van der Waals surface area contributed by atoms with Gasteiger partial charge in [-0.1, -0.05) is 31.0 Å². The van der Waals surface area contributed by atoms with E-state index in [1.807, 2.05) is 29.2 Å². The lowest BCUT2D eigenvalue weighted by Gasteiger charge is -2.23. The lowest BCUT2D eigenvalue weighted by Crippen LogP contribution is -2.34. The topological polar surface area (TPSA) is 46.3 Å². The molecule has 3 rings (SSSR count). The molecule has 1 aliphatic heterocycles. The van der Waals surface area contributed by atoms with E-state index in [1.165, 1.54) is 12.8 Å². The Labute approximate surface area is 114 Å². The zero-order valence-electron chi connectivity index (χ0n) is 11.4. The van der Waals surface area contributed by atoms with E-state index in [4.69, 9.17) is 5.73 Å². The van der Waals surface area contributed by atoms with Crippen LogP contribution in [0.5, 0.6) is 0 Å². The van der Waals surface area contributed by atoms with Gasteiger partial charge in [-0.2, -0.15) is 0 Å². The van der Waals surface area contributed by atoms with Crippen molar-refractivity contribution < 1.29 is 4.79 Å². The van der Waals surface area contributed by atoms with Crippen LogP contribution >= 0.6 is 0 Å². The lowest BCUT2D eigenvalue weighted by atomic mass is 9.98. The Balaban J connectivity index is 1.86. The minimum absolute atomic E-state index is 0.175. The van der Waals surface area contributed by atoms with Crippen LogP contribution in [0, 0.1) is 0 Å². The Morgan fingerprint density at radius 1 is 1.05 bits per heavy atom. The average Bonchev–Trinajstić information content (AvgIpc) is 3.22. The highest BCUT2D eigenvalue weighted by Crippen LogP contribution is 2.44. The van der Waals surface area contributed by atoms with Gasteiger partial charge in [0.1, 0.15) is 0 Å². The first kappa shape index (κ1) is 12.7. The molecule has 0 aromatic heterocycles. The molecule has 102 valence electrons. The van der Waals surface area contributed by atoms with Crippen LogP contribution in [-0.2, 0) is 5.54 Å². The number of carbonyl (C=O) groups excluding carboxylic acids is 1. The van der Waals surface area contributed by atoms with Gasteiger partial charge in [-0.05, 0) is 37.3 Å². The van der Waals surface area contributed by atoms with Gasteiger partial charge >= 0.3 is 0 Å². The minimum atomic E-state index is -0.238. The first-order chi connectivity index (χ1) is 9.21. The van der Waals surface area contributed by atoms with Crippen LogP contribution in [0.3, 0.4) is 0 Å². The molecule has 2 aliphatic rings. The molecule has 1 aliphatic carbocycles. The summed E-state index contributed by atoms with van der Waals surface area (Å²) >= 11 is 0. The number of rotatable bonds is 2. The van der Waals surface area contributed by atoms with E-state index in [9.17, 15) is 4.79 Å². The smallest absolute Gasteiger partial charge is 0.254 e. The summed E-state index contributed by atoms with van der Waals surface area (Å²) < 4.78 is 0. The summed E-state index contributed by atoms with van der Waals surface area (Å²) in [5.41, 5.74) is 7.93. The van der Waals surface area contributed by atoms with Gasteiger partial charge in [0.05, 0.1) is 0 Å². The molecule has 2 N–H and O–H groups in total. The molecule has 0 unspecified atom stereocenters. The second-order valence-electron chi connectivity index (χ2n) is 5.91. The largest absolute Gasteiger partial charge is 0.339 e. The van der Waals surface area contributed by atoms with Gasteiger partial charge in [0, 0.05) is 24.2 Å². The van der Waals surface area contributed by atoms with Crippen LogP contribution in [0.25, 0.3) is 0 Å². The van der Waals surface area contributed by atoms with E-state index in [0.717, 1.165) is 49.9 Å². The van der Waals surface area contributed by atoms with Crippen molar-refractivity contribution in [3.63, 3.8) is 0 Å². The first-order valence-corrected chi connectivity index (χ1v) is 7.38. The van der Waals surface area contributed by atoms with E-state index in [2.05, 4.69) is 0 Å². The molecule has 1 aromatic carbocycles. The summed E-state index contributed by atoms with van der Waals surface area (Å²) in [5.74, 6) is 0.175. The number of hydrogen-bond donors (Lipinski definition) is 1. The number of amides is 1. The second-order valence-corrected chi connectivity index (χ2v) is 5.91. The van der Waals surface area contributed by atoms with Gasteiger partial charge in [-0.3, -0.25) is 4.79 Å². The summed E-state index contributed by atoms with van der Waals surface area (Å²) in [6, 6.07) is 7.90. The van der Waals surface area contributed by atoms with Crippen LogP contribution in [0.4, 0.5) is 0 Å². The monoisotopic (exact) mass is 258 g/mol. The van der Waals surface area contributed by atoms with Gasteiger partial charge in [0.2, 0.25) is 0 Å². The quantitative estimate of drug-likeness (QED) is 0.886. The highest BCUT2D eigenvalue weighted by atomic mass is 16.2. The van der Waals surface area contributed by atoms with Gasteiger partial charge in [0.25, 0.3) is 5.91 Å². The fourth-order valence-corrected chi connectivity index (χ4v) is 2.95. The molecule has 0 spiro atoms. The van der Waals surface area contributed by atoms with Crippen LogP contribution < -0.4 is 5.73 Å². The number of carbonyl (C=O) groups is 1. The van der Waals surface area contributed by atoms with Crippen LogP contribution in [-0.4, -0.2) is 23.9 Å². The minimum Gasteiger partial charge on any atom is -0.339 e. The van der Waals surface area contributed by atoms with Crippen molar-refractivity contribution in [1.82, 2.24) is 4.90 Å². The lowest BCUT2D eigenvalue weighted by molar-refractivity contribution is 0.0759. The summed E-state index contributed by atoms with van der Waals surface area (Å²) in [7, 11) is 0. The van der Waals surface area contributed by atoms with Crippen LogP contribution in [0.15, 0.2) is 24.3 Å². The van der Waals surface area contributed by atoms with Gasteiger partial charge in [0.15, 0.2) is 0 Å². The molecule has 19 heavy (non-hydrogen) atoms. The van der Waals surface area contributed by atoms with Crippen molar-refractivity contribution in [2.45, 2.75) is 44.1 Å². The van der Waals surface area contributed by atoms with E-state index in [0.29, 0.717) is 0 Å². The third kappa shape index (κ3) is 2.52. The molecule has 0 bridgehead atoms. The Morgan fingerprint density at radius 3 is 2.32 bits per heavy atom. The van der Waals surface area contributed by atoms with E-state index < -0.39 is 0 Å². The molecule has 3 nitrogen and oxygen atoms in total. The molecule has 3 heteroatoms. The highest BCUT2D eigenvalue weighted by molar-refractivity contribution is 5.96. The summed E-state index contributed by atoms with van der Waals surface area (Å²) in [6.45, 7) is 1.79. The molecule has 1 saturated heterocycles. The van der Waals surface area contributed by atoms with Crippen LogP contribution in [0.1, 0.15) is 54.4 Å². The fourth-order valence-electron chi connectivity index (χ4n) is 2.95. The predicted octanol–water partition coefficient (Wildman–Crippen LogP) is 2.65. The third-order valence-electron chi connectivity index (χ3n) is 4.38. The molecular weight excluding hydrogens is 236 g/mol. The number of benzene rings is 1. The Bertz CT molecular complexity index is 471. The van der Waals surface area contributed by atoms with Crippen molar-refractivity contribution >= 4 is 5.91 Å². The van der Waals surface area contributed by atoms with Gasteiger partial charge in [-0.15, -0.1) is 0 Å². The van der Waals surface area contributed by atoms with Crippen molar-refractivity contribution in [2.75, 3.05) is 13.1 Å². The number of nitrogens with zero attached hydrogens (tertiary/aromatic N) is 1. The van der Waals surface area contributed by atoms with E-state index >= 15 is 0 Å². The first-order valence-electron chi connectivity index (χ1n) is 7.38. The van der Waals surface area contributed by atoms with Crippen molar-refractivity contribution in [3.05, 3.63) is 35.4 Å². The van der Waals surface area contributed by atoms with Crippen molar-refractivity contribution in [2.24, 2.45) is 5.73 Å². The molecule has 1 aromatic rings. The summed E-state index contributed by atoms with van der Waals surface area (Å²) in [4.78, 5) is 14.7. The molecule has 0 atom stereocenters. The Hall–Kier alpha value is -1.35. The number of likely N-dealkylation sites (tertiary alicyclic amines) is 1. The van der Waals surface area contributed by atoms with Gasteiger partial charge < -0.3 is 10.6 Å². The maximum Gasteiger partial charge on any atom is 0.254 e. The third-order valence-corrected chi connectivity index (χ3v) is 4.38. The summed E-state index contributed by atoms with van der Waals surface area (Å²) in [5, 5.41) is 0. The molecule has 1 heterocycles. The molecular formula is C16H22N2O.